The van der Waals surface area contributed by atoms with Gasteiger partial charge in [-0.3, -0.25) is 5.01 Å². The van der Waals surface area contributed by atoms with Crippen LogP contribution in [0.5, 0.6) is 11.5 Å². The quantitative estimate of drug-likeness (QED) is 0.579. The minimum atomic E-state index is -0.503. The molecular formula is C25H23N3O2. The predicted molar refractivity (Wildman–Crippen MR) is 117 cm³/mol. The highest BCUT2D eigenvalue weighted by molar-refractivity contribution is 6.02. The van der Waals surface area contributed by atoms with Gasteiger partial charge >= 0.3 is 0 Å². The summed E-state index contributed by atoms with van der Waals surface area (Å²) in [4.78, 5) is 0. The number of ether oxygens (including phenoxy) is 2. The van der Waals surface area contributed by atoms with E-state index in [1.54, 1.807) is 14.2 Å². The molecule has 0 aromatic heterocycles. The van der Waals surface area contributed by atoms with E-state index in [4.69, 9.17) is 14.6 Å². The molecule has 4 rings (SSSR count). The lowest BCUT2D eigenvalue weighted by atomic mass is 9.97. The molecule has 0 bridgehead atoms. The summed E-state index contributed by atoms with van der Waals surface area (Å²) < 4.78 is 10.5. The van der Waals surface area contributed by atoms with Crippen molar-refractivity contribution in [2.24, 2.45) is 5.10 Å². The Labute approximate surface area is 176 Å². The van der Waals surface area contributed by atoms with Crippen molar-refractivity contribution in [3.63, 3.8) is 0 Å². The first kappa shape index (κ1) is 19.5. The van der Waals surface area contributed by atoms with Crippen LogP contribution < -0.4 is 9.47 Å². The summed E-state index contributed by atoms with van der Waals surface area (Å²) in [5.74, 6) is 1.57. The first-order valence-electron chi connectivity index (χ1n) is 9.82. The second kappa shape index (κ2) is 8.71. The van der Waals surface area contributed by atoms with Crippen molar-refractivity contribution in [3.05, 3.63) is 95.6 Å². The van der Waals surface area contributed by atoms with Gasteiger partial charge in [0.25, 0.3) is 0 Å². The van der Waals surface area contributed by atoms with E-state index in [1.165, 1.54) is 0 Å². The second-order valence-electron chi connectivity index (χ2n) is 7.09. The van der Waals surface area contributed by atoms with Crippen LogP contribution >= 0.6 is 0 Å². The summed E-state index contributed by atoms with van der Waals surface area (Å²) in [6.45, 7) is 0. The summed E-state index contributed by atoms with van der Waals surface area (Å²) in [6, 6.07) is 27.6. The zero-order chi connectivity index (χ0) is 20.9. The molecule has 1 aliphatic heterocycles. The lowest BCUT2D eigenvalue weighted by Crippen LogP contribution is -2.24. The van der Waals surface area contributed by atoms with Crippen LogP contribution in [0.15, 0.2) is 84.0 Å². The van der Waals surface area contributed by atoms with Crippen molar-refractivity contribution < 1.29 is 9.47 Å². The largest absolute Gasteiger partial charge is 0.497 e. The van der Waals surface area contributed by atoms with E-state index in [-0.39, 0.29) is 6.04 Å². The molecule has 1 aliphatic rings. The molecule has 0 unspecified atom stereocenters. The van der Waals surface area contributed by atoms with Gasteiger partial charge in [0.05, 0.1) is 32.0 Å². The predicted octanol–water partition coefficient (Wildman–Crippen LogP) is 5.12. The Morgan fingerprint density at radius 3 is 2.07 bits per heavy atom. The van der Waals surface area contributed by atoms with Crippen molar-refractivity contribution in [2.75, 3.05) is 14.2 Å². The Bertz CT molecular complexity index is 1050. The summed E-state index contributed by atoms with van der Waals surface area (Å²) >= 11 is 0. The van der Waals surface area contributed by atoms with Crippen molar-refractivity contribution in [1.29, 1.82) is 5.26 Å². The highest BCUT2D eigenvalue weighted by atomic mass is 16.5. The van der Waals surface area contributed by atoms with Crippen LogP contribution in [0, 0.1) is 11.3 Å². The van der Waals surface area contributed by atoms with Crippen molar-refractivity contribution in [2.45, 2.75) is 18.5 Å². The van der Waals surface area contributed by atoms with E-state index in [9.17, 15) is 5.26 Å². The number of methoxy groups -OCH3 is 2. The molecule has 0 radical (unpaired) electrons. The van der Waals surface area contributed by atoms with Gasteiger partial charge in [0.15, 0.2) is 6.04 Å². The third-order valence-electron chi connectivity index (χ3n) is 5.37. The fourth-order valence-electron chi connectivity index (χ4n) is 3.74. The normalized spacial score (nSPS) is 16.5. The Hall–Kier alpha value is -3.78. The number of hydrogen-bond acceptors (Lipinski definition) is 5. The van der Waals surface area contributed by atoms with E-state index < -0.39 is 6.04 Å². The van der Waals surface area contributed by atoms with Gasteiger partial charge in [0, 0.05) is 6.42 Å². The van der Waals surface area contributed by atoms with Gasteiger partial charge in [-0.05, 0) is 53.1 Å². The molecule has 5 nitrogen and oxygen atoms in total. The third-order valence-corrected chi connectivity index (χ3v) is 5.37. The molecule has 0 N–H and O–H groups in total. The van der Waals surface area contributed by atoms with E-state index >= 15 is 0 Å². The molecule has 1 heterocycles. The van der Waals surface area contributed by atoms with Crippen LogP contribution in [-0.2, 0) is 0 Å². The average Bonchev–Trinajstić information content (AvgIpc) is 3.26. The van der Waals surface area contributed by atoms with Crippen LogP contribution in [0.1, 0.15) is 35.2 Å². The molecule has 30 heavy (non-hydrogen) atoms. The Balaban J connectivity index is 1.72. The number of hydrazone groups is 1. The van der Waals surface area contributed by atoms with Crippen LogP contribution in [0.25, 0.3) is 0 Å². The van der Waals surface area contributed by atoms with Crippen molar-refractivity contribution in [1.82, 2.24) is 5.01 Å². The fourth-order valence-corrected chi connectivity index (χ4v) is 3.74. The van der Waals surface area contributed by atoms with Crippen LogP contribution in [0.3, 0.4) is 0 Å². The Kier molecular flexibility index (Phi) is 5.67. The first-order chi connectivity index (χ1) is 14.7. The standard InChI is InChI=1S/C25H23N3O2/c1-29-21-12-8-18(9-13-21)23-16-24(19-6-4-3-5-7-19)28(27-23)25(17-26)20-10-14-22(30-2)15-11-20/h3-15,24-25H,16H2,1-2H3/t24-,25+/m1/s1. The van der Waals surface area contributed by atoms with Gasteiger partial charge in [-0.15, -0.1) is 0 Å². The van der Waals surface area contributed by atoms with Gasteiger partial charge in [-0.1, -0.05) is 42.5 Å². The maximum absolute atomic E-state index is 10.0. The molecular weight excluding hydrogens is 374 g/mol. The van der Waals surface area contributed by atoms with Crippen LogP contribution in [0.2, 0.25) is 0 Å². The molecule has 3 aromatic rings. The zero-order valence-corrected chi connectivity index (χ0v) is 17.0. The minimum Gasteiger partial charge on any atom is -0.497 e. The SMILES string of the molecule is COc1ccc(C2=NN([C@@H](C#N)c3ccc(OC)cc3)[C@@H](c3ccccc3)C2)cc1. The smallest absolute Gasteiger partial charge is 0.159 e. The lowest BCUT2D eigenvalue weighted by molar-refractivity contribution is 0.196. The first-order valence-corrected chi connectivity index (χ1v) is 9.82. The monoisotopic (exact) mass is 397 g/mol. The molecule has 3 aromatic carbocycles. The van der Waals surface area contributed by atoms with Gasteiger partial charge in [0.2, 0.25) is 0 Å². The highest BCUT2D eigenvalue weighted by Gasteiger charge is 2.34. The van der Waals surface area contributed by atoms with Gasteiger partial charge in [0.1, 0.15) is 11.5 Å². The van der Waals surface area contributed by atoms with Crippen LogP contribution in [0.4, 0.5) is 0 Å². The number of benzene rings is 3. The zero-order valence-electron chi connectivity index (χ0n) is 17.0. The molecule has 0 spiro atoms. The number of hydrogen-bond donors (Lipinski definition) is 0. The highest BCUT2D eigenvalue weighted by Crippen LogP contribution is 2.39. The minimum absolute atomic E-state index is 0.0185. The number of rotatable bonds is 6. The van der Waals surface area contributed by atoms with E-state index in [0.717, 1.165) is 40.3 Å². The molecule has 2 atom stereocenters. The van der Waals surface area contributed by atoms with Gasteiger partial charge in [-0.25, -0.2) is 0 Å². The molecule has 0 saturated carbocycles. The maximum Gasteiger partial charge on any atom is 0.159 e. The average molecular weight is 397 g/mol. The molecule has 0 aliphatic carbocycles. The summed E-state index contributed by atoms with van der Waals surface area (Å²) in [6.07, 6.45) is 0.727. The summed E-state index contributed by atoms with van der Waals surface area (Å²) in [7, 11) is 3.29. The summed E-state index contributed by atoms with van der Waals surface area (Å²) in [5.41, 5.74) is 4.02. The molecule has 5 heteroatoms. The molecule has 0 saturated heterocycles. The van der Waals surface area contributed by atoms with E-state index in [0.29, 0.717) is 0 Å². The topological polar surface area (TPSA) is 57.8 Å². The van der Waals surface area contributed by atoms with Gasteiger partial charge < -0.3 is 9.47 Å². The van der Waals surface area contributed by atoms with Crippen molar-refractivity contribution in [3.8, 4) is 17.6 Å². The lowest BCUT2D eigenvalue weighted by Gasteiger charge is -2.28. The Morgan fingerprint density at radius 2 is 1.50 bits per heavy atom. The molecule has 0 amide bonds. The fraction of sp³-hybridized carbons (Fsp3) is 0.200. The Morgan fingerprint density at radius 1 is 0.900 bits per heavy atom. The van der Waals surface area contributed by atoms with E-state index in [2.05, 4.69) is 18.2 Å². The number of nitrogens with zero attached hydrogens (tertiary/aromatic N) is 3. The maximum atomic E-state index is 10.0. The summed E-state index contributed by atoms with van der Waals surface area (Å²) in [5, 5.41) is 16.9. The second-order valence-corrected chi connectivity index (χ2v) is 7.09. The molecule has 150 valence electrons. The van der Waals surface area contributed by atoms with Crippen molar-refractivity contribution >= 4 is 5.71 Å². The van der Waals surface area contributed by atoms with Gasteiger partial charge in [-0.2, -0.15) is 10.4 Å². The van der Waals surface area contributed by atoms with Crippen LogP contribution in [-0.4, -0.2) is 24.9 Å². The third kappa shape index (κ3) is 3.85. The molecule has 0 fully saturated rings. The number of nitriles is 1. The van der Waals surface area contributed by atoms with E-state index in [1.807, 2.05) is 71.7 Å².